The number of ether oxygens (including phenoxy) is 10. The maximum atomic E-state index is 11.2. The Morgan fingerprint density at radius 1 is 0.331 bits per heavy atom. The molecular formula is C98H151N5O15. The van der Waals surface area contributed by atoms with Crippen molar-refractivity contribution in [3.8, 4) is 57.5 Å². The summed E-state index contributed by atoms with van der Waals surface area (Å²) in [7, 11) is 4.77. The van der Waals surface area contributed by atoms with E-state index in [2.05, 4.69) is 0 Å². The Balaban J connectivity index is 0.000000197. The molecule has 5 N–H and O–H groups in total. The van der Waals surface area contributed by atoms with Crippen molar-refractivity contribution >= 4 is 0 Å². The number of aliphatic hydroxyl groups excluding tert-OH is 5. The fourth-order valence-corrected chi connectivity index (χ4v) is 17.0. The van der Waals surface area contributed by atoms with Crippen LogP contribution in [0, 0.1) is 57.7 Å². The Bertz CT molecular complexity index is 6230. The van der Waals surface area contributed by atoms with Crippen molar-refractivity contribution in [2.45, 2.75) is 246 Å². The van der Waals surface area contributed by atoms with Crippen LogP contribution in [0.15, 0.2) is 60.4 Å². The van der Waals surface area contributed by atoms with Gasteiger partial charge >= 0.3 is 0 Å². The summed E-state index contributed by atoms with van der Waals surface area (Å²) >= 11 is 0. The van der Waals surface area contributed by atoms with Crippen molar-refractivity contribution in [1.29, 1.82) is 0 Å². The predicted molar refractivity (Wildman–Crippen MR) is 470 cm³/mol. The third-order valence-corrected chi connectivity index (χ3v) is 22.4. The highest BCUT2D eigenvalue weighted by Crippen LogP contribution is 2.51. The average molecular weight is 1690 g/mol. The summed E-state index contributed by atoms with van der Waals surface area (Å²) in [6, 6.07) is -5.34. The fraction of sp³-hybridized carbons (Fsp3) is 0.694. The first kappa shape index (κ1) is 46.4. The molecule has 5 fully saturated rings. The van der Waals surface area contributed by atoms with E-state index in [9.17, 15) is 25.5 Å². The molecule has 10 aliphatic heterocycles. The van der Waals surface area contributed by atoms with Crippen molar-refractivity contribution < 1.29 is 141 Å². The van der Waals surface area contributed by atoms with Gasteiger partial charge in [0.15, 0.2) is 57.5 Å². The highest BCUT2D eigenvalue weighted by Gasteiger charge is 2.46. The van der Waals surface area contributed by atoms with Crippen LogP contribution >= 0.6 is 0 Å². The number of fused-ring (bicyclic) bond motifs is 15. The molecule has 5 aromatic carbocycles. The molecule has 20 heteroatoms. The van der Waals surface area contributed by atoms with E-state index in [4.69, 9.17) is 116 Å². The molecule has 0 spiro atoms. The van der Waals surface area contributed by atoms with Crippen LogP contribution in [-0.4, -0.2) is 217 Å². The molecule has 0 radical (unpaired) electrons. The monoisotopic (exact) mass is 1690 g/mol. The lowest BCUT2D eigenvalue weighted by molar-refractivity contribution is -0.0259. The van der Waals surface area contributed by atoms with Gasteiger partial charge in [-0.2, -0.15) is 0 Å². The number of benzene rings is 5. The minimum atomic E-state index is -3.41. The normalized spacial score (nSPS) is 36.9. The second kappa shape index (κ2) is 39.9. The number of nitrogens with zero attached hydrogens (tertiary/aromatic N) is 5. The van der Waals surface area contributed by atoms with Gasteiger partial charge in [-0.25, -0.2) is 0 Å². The lowest BCUT2D eigenvalue weighted by Gasteiger charge is -2.47. The maximum Gasteiger partial charge on any atom is 0.161 e. The zero-order valence-corrected chi connectivity index (χ0v) is 69.9. The standard InChI is InChI=1S/3C20H31NO3.2C19H29NO3/c3*1-20(2,3)11-14-12-21-7-6-13-8-18(23-4)19(24-5)9-15(13)16(21)10-17(14)22;2*1-12(2)7-14-11-20-6-5-13-8-18(22-3)19(23-4)9-15(13)16(20)10-17(14)21/h3*8-9,14,16-17,22H,6-7,10-12H2,1-5H3;2*8-9,12,14,16-17,21H,5-7,10-11H2,1-4H3/i1D3,2D3,5D3,8D,9D,11D2,12D2;2*1D3,2D3,8D,9D,11D2,12D2;4D3,8D,9D,11D2;8D,9D,11D2. The van der Waals surface area contributed by atoms with Gasteiger partial charge in [0.1, 0.15) is 0 Å². The second-order valence-electron chi connectivity index (χ2n) is 32.5. The number of aliphatic hydroxyl groups is 5. The van der Waals surface area contributed by atoms with Crippen LogP contribution in [0.4, 0.5) is 0 Å². The van der Waals surface area contributed by atoms with Gasteiger partial charge in [-0.3, -0.25) is 24.5 Å². The highest BCUT2D eigenvalue weighted by atomic mass is 16.5. The van der Waals surface area contributed by atoms with Gasteiger partial charge < -0.3 is 72.9 Å². The summed E-state index contributed by atoms with van der Waals surface area (Å²) < 4.78 is 465. The molecule has 0 amide bonds. The fourth-order valence-electron chi connectivity index (χ4n) is 17.0. The molecule has 118 heavy (non-hydrogen) atoms. The molecule has 15 rings (SSSR count). The van der Waals surface area contributed by atoms with E-state index >= 15 is 0 Å². The lowest BCUT2D eigenvalue weighted by atomic mass is 9.75. The highest BCUT2D eigenvalue weighted by molar-refractivity contribution is 5.54. The number of hydrogen-bond acceptors (Lipinski definition) is 20. The summed E-state index contributed by atoms with van der Waals surface area (Å²) in [5, 5.41) is 55.1. The Morgan fingerprint density at radius 2 is 0.517 bits per heavy atom. The third-order valence-electron chi connectivity index (χ3n) is 22.4. The maximum absolute atomic E-state index is 11.2. The molecule has 10 heterocycles. The van der Waals surface area contributed by atoms with E-state index in [1.165, 1.54) is 66.7 Å². The van der Waals surface area contributed by atoms with Gasteiger partial charge in [-0.1, -0.05) is 89.6 Å². The third kappa shape index (κ3) is 22.2. The van der Waals surface area contributed by atoms with E-state index in [0.717, 1.165) is 18.7 Å². The molecule has 5 saturated heterocycles. The minimum absolute atomic E-state index is 0.0114. The minimum Gasteiger partial charge on any atom is -0.493 e. The quantitative estimate of drug-likeness (QED) is 0.0586. The molecule has 0 saturated carbocycles. The number of methoxy groups -OCH3 is 10. The van der Waals surface area contributed by atoms with Crippen molar-refractivity contribution in [3.63, 3.8) is 0 Å². The first-order chi connectivity index (χ1) is 76.2. The van der Waals surface area contributed by atoms with Crippen molar-refractivity contribution in [3.05, 3.63) is 116 Å². The molecule has 10 aliphatic rings. The van der Waals surface area contributed by atoms with E-state index in [1.807, 2.05) is 27.7 Å². The zero-order valence-electron chi connectivity index (χ0n) is 120. The number of piperidine rings is 5. The molecule has 15 unspecified atom stereocenters. The predicted octanol–water partition coefficient (Wildman–Crippen LogP) is 16.3. The van der Waals surface area contributed by atoms with E-state index in [1.54, 1.807) is 9.80 Å². The van der Waals surface area contributed by atoms with Crippen molar-refractivity contribution in [1.82, 2.24) is 24.5 Å². The van der Waals surface area contributed by atoms with Crippen molar-refractivity contribution in [2.24, 2.45) is 57.7 Å². The molecule has 15 atom stereocenters. The van der Waals surface area contributed by atoms with Crippen molar-refractivity contribution in [2.75, 3.05) is 136 Å². The van der Waals surface area contributed by atoms with Gasteiger partial charge in [-0.15, -0.1) is 0 Å². The molecule has 658 valence electrons. The van der Waals surface area contributed by atoms with E-state index in [0.29, 0.717) is 85.5 Å². The molecule has 0 aliphatic carbocycles. The van der Waals surface area contributed by atoms with E-state index < -0.39 is 232 Å². The van der Waals surface area contributed by atoms with Gasteiger partial charge in [-0.05, 0) is 270 Å². The van der Waals surface area contributed by atoms with Crippen LogP contribution in [-0.2, 0) is 32.1 Å². The Hall–Kier alpha value is -6.30. The van der Waals surface area contributed by atoms with Gasteiger partial charge in [0.2, 0.25) is 0 Å². The summed E-state index contributed by atoms with van der Waals surface area (Å²) in [6.45, 7) is -21.1. The summed E-state index contributed by atoms with van der Waals surface area (Å²) in [4.78, 5) is 6.99. The lowest BCUT2D eigenvalue weighted by Crippen LogP contribution is -2.48. The average Bonchev–Trinajstić information content (AvgIpc) is 0.692. The van der Waals surface area contributed by atoms with Crippen LogP contribution in [0.2, 0.25) is 0 Å². The Labute approximate surface area is 779 Å². The topological polar surface area (TPSA) is 210 Å². The molecular weight excluding hydrogens is 1490 g/mol. The van der Waals surface area contributed by atoms with Crippen LogP contribution in [0.25, 0.3) is 0 Å². The molecule has 0 aromatic heterocycles. The van der Waals surface area contributed by atoms with Crippen LogP contribution < -0.4 is 47.4 Å². The first-order valence-corrected chi connectivity index (χ1v) is 40.0. The van der Waals surface area contributed by atoms with Crippen LogP contribution in [0.1, 0.15) is 308 Å². The molecule has 0 bridgehead atoms. The summed E-state index contributed by atoms with van der Waals surface area (Å²) in [5.74, 6) is -7.64. The summed E-state index contributed by atoms with van der Waals surface area (Å²) in [6.07, 6.45) is -15.4. The number of hydrogen-bond donors (Lipinski definition) is 5. The zero-order chi connectivity index (χ0) is 129. The van der Waals surface area contributed by atoms with E-state index in [-0.39, 0.29) is 198 Å². The number of rotatable bonds is 17. The summed E-state index contributed by atoms with van der Waals surface area (Å²) in [5.41, 5.74) is -5.40. The molecule has 20 nitrogen and oxygen atoms in total. The van der Waals surface area contributed by atoms with Crippen LogP contribution in [0.5, 0.6) is 57.5 Å². The molecule has 5 aromatic rings. The smallest absolute Gasteiger partial charge is 0.161 e. The van der Waals surface area contributed by atoms with Gasteiger partial charge in [0.25, 0.3) is 0 Å². The second-order valence-corrected chi connectivity index (χ2v) is 32.5. The van der Waals surface area contributed by atoms with Crippen LogP contribution in [0.3, 0.4) is 0 Å². The largest absolute Gasteiger partial charge is 0.493 e. The Kier molecular flexibility index (Phi) is 15.7. The van der Waals surface area contributed by atoms with Gasteiger partial charge in [0.05, 0.1) is 123 Å². The van der Waals surface area contributed by atoms with Gasteiger partial charge in [0, 0.05) is 142 Å². The SMILES string of the molecule is [2H]c1c2c(c([2H])c(OC([2H])([2H])[2H])c1OC)C1CC(O)C(C([2H])([2H])C(C)(C([2H])([2H])[2H])C([2H])([2H])[2H])C([2H])([2H])N1CC2.[2H]c1c2c(c([2H])c(OC([2H])([2H])[2H])c1OC)C1CC(O)C(CC(C)C)C([2H])([2H])N1CC2.[2H]c1c2c(c([2H])c(OC)c1OC)C1CC(O)C(C([2H])([2H])C(C)(C([2H])([2H])[2H])C([2H])([2H])[2H])C([2H])([2H])N1CC2.[2H]c1c2c(c([2H])c(OC)c1OC)C1CC(O)C(C([2H])([2H])C(C)(C([2H])([2H])[2H])C([2H])([2H])[2H])C([2H])([2H])N1CC2.[2H]c1c2c(c([2H])c(OC)c1OC)C1CC(O)C(CC(C)C)C([2H])([2H])N1CC2. The Morgan fingerprint density at radius 3 is 0.703 bits per heavy atom. The first-order valence-electron chi connectivity index (χ1n) is 65.0.